The smallest absolute Gasteiger partial charge is 0.445 e. The number of nitrogens with one attached hydrogen (secondary N) is 2. The fourth-order valence-electron chi connectivity index (χ4n) is 2.71. The van der Waals surface area contributed by atoms with Crippen molar-refractivity contribution in [1.29, 1.82) is 0 Å². The van der Waals surface area contributed by atoms with E-state index in [1.165, 1.54) is 6.92 Å². The van der Waals surface area contributed by atoms with E-state index in [0.29, 0.717) is 16.9 Å². The summed E-state index contributed by atoms with van der Waals surface area (Å²) in [6.07, 6.45) is -0.684. The first-order chi connectivity index (χ1) is 15.3. The van der Waals surface area contributed by atoms with Crippen molar-refractivity contribution < 1.29 is 23.8 Å². The molecule has 1 aromatic heterocycles. The minimum Gasteiger partial charge on any atom is -0.445 e. The van der Waals surface area contributed by atoms with Crippen molar-refractivity contribution >= 4 is 42.7 Å². The molecule has 32 heavy (non-hydrogen) atoms. The van der Waals surface area contributed by atoms with Crippen LogP contribution in [0.2, 0.25) is 0 Å². The van der Waals surface area contributed by atoms with E-state index in [1.807, 2.05) is 29.6 Å². The molecule has 166 valence electrons. The van der Waals surface area contributed by atoms with E-state index in [2.05, 4.69) is 10.6 Å². The average Bonchev–Trinajstić information content (AvgIpc) is 3.32. The number of amides is 2. The van der Waals surface area contributed by atoms with Crippen LogP contribution in [0.15, 0.2) is 60.0 Å². The molecule has 0 aliphatic rings. The monoisotopic (exact) mass is 472 g/mol. The number of nitrogens with two attached hydrogens (primary N) is 1. The number of benzene rings is 2. The molecule has 5 N–H and O–H groups in total. The molecular formula is C22H23N3O5PS+. The minimum atomic E-state index is -2.39. The van der Waals surface area contributed by atoms with Gasteiger partial charge in [0.15, 0.2) is 0 Å². The molecule has 3 aromatic rings. The molecule has 0 fully saturated rings. The highest BCUT2D eigenvalue weighted by atomic mass is 32.1. The van der Waals surface area contributed by atoms with Gasteiger partial charge in [0.05, 0.1) is 11.4 Å². The van der Waals surface area contributed by atoms with Gasteiger partial charge in [0.1, 0.15) is 6.61 Å². The van der Waals surface area contributed by atoms with Crippen LogP contribution in [0.25, 0.3) is 10.4 Å². The van der Waals surface area contributed by atoms with Crippen LogP contribution in [-0.2, 0) is 15.8 Å². The predicted molar refractivity (Wildman–Crippen MR) is 126 cm³/mol. The Kier molecular flexibility index (Phi) is 7.94. The van der Waals surface area contributed by atoms with Gasteiger partial charge in [-0.1, -0.05) is 24.3 Å². The lowest BCUT2D eigenvalue weighted by atomic mass is 10.1. The Morgan fingerprint density at radius 1 is 1.19 bits per heavy atom. The number of carbonyl (C=O) groups excluding carboxylic acids is 2. The summed E-state index contributed by atoms with van der Waals surface area (Å²) in [7, 11) is -2.39. The van der Waals surface area contributed by atoms with Crippen molar-refractivity contribution in [1.82, 2.24) is 5.32 Å². The third kappa shape index (κ3) is 6.37. The number of alkyl carbamates (subject to hydrolysis) is 1. The highest BCUT2D eigenvalue weighted by molar-refractivity contribution is 7.38. The molecule has 2 unspecified atom stereocenters. The van der Waals surface area contributed by atoms with Gasteiger partial charge >= 0.3 is 14.1 Å². The van der Waals surface area contributed by atoms with Gasteiger partial charge < -0.3 is 21.1 Å². The molecule has 2 amide bonds. The third-order valence-electron chi connectivity index (χ3n) is 4.59. The molecule has 0 saturated carbocycles. The van der Waals surface area contributed by atoms with Gasteiger partial charge in [0.2, 0.25) is 5.66 Å². The molecule has 8 nitrogen and oxygen atoms in total. The zero-order chi connectivity index (χ0) is 23.1. The van der Waals surface area contributed by atoms with Gasteiger partial charge in [-0.2, -0.15) is 4.89 Å². The Balaban J connectivity index is 1.56. The molecule has 0 saturated heterocycles. The maximum atomic E-state index is 12.6. The first-order valence-corrected chi connectivity index (χ1v) is 11.9. The summed E-state index contributed by atoms with van der Waals surface area (Å²) in [5.41, 5.74) is 8.58. The Morgan fingerprint density at radius 3 is 2.59 bits per heavy atom. The second kappa shape index (κ2) is 10.9. The molecule has 0 aliphatic heterocycles. The topological polar surface area (TPSA) is 131 Å². The van der Waals surface area contributed by atoms with Crippen LogP contribution in [0.5, 0.6) is 0 Å². The van der Waals surface area contributed by atoms with E-state index in [0.717, 1.165) is 16.0 Å². The van der Waals surface area contributed by atoms with Crippen LogP contribution in [0.1, 0.15) is 22.8 Å². The molecule has 3 rings (SSSR count). The highest BCUT2D eigenvalue weighted by Gasteiger charge is 2.24. The summed E-state index contributed by atoms with van der Waals surface area (Å²) >= 11 is 1.60. The summed E-state index contributed by atoms with van der Waals surface area (Å²) in [4.78, 5) is 34.3. The molecule has 10 heteroatoms. The van der Waals surface area contributed by atoms with E-state index in [-0.39, 0.29) is 19.1 Å². The fraction of sp³-hybridized carbons (Fsp3) is 0.182. The summed E-state index contributed by atoms with van der Waals surface area (Å²) < 4.78 is 15.8. The lowest BCUT2D eigenvalue weighted by Crippen LogP contribution is -2.26. The number of nitrogen functional groups attached to an aromatic ring is 1. The zero-order valence-corrected chi connectivity index (χ0v) is 19.0. The van der Waals surface area contributed by atoms with Crippen LogP contribution < -0.4 is 16.4 Å². The molecule has 0 aliphatic carbocycles. The average molecular weight is 472 g/mol. The van der Waals surface area contributed by atoms with Gasteiger partial charge in [0.25, 0.3) is 5.91 Å². The van der Waals surface area contributed by atoms with Crippen molar-refractivity contribution in [3.8, 4) is 10.4 Å². The van der Waals surface area contributed by atoms with E-state index in [1.54, 1.807) is 41.7 Å². The Labute approximate surface area is 190 Å². The quantitative estimate of drug-likeness (QED) is 0.280. The molecule has 0 radical (unpaired) electrons. The van der Waals surface area contributed by atoms with Crippen LogP contribution in [0.3, 0.4) is 0 Å². The number of rotatable bonds is 8. The zero-order valence-electron chi connectivity index (χ0n) is 17.3. The van der Waals surface area contributed by atoms with Gasteiger partial charge in [-0.25, -0.2) is 4.79 Å². The van der Waals surface area contributed by atoms with Crippen LogP contribution >= 0.6 is 19.4 Å². The third-order valence-corrected chi connectivity index (χ3v) is 6.41. The standard InChI is InChI=1S/C22H22N3O5PS/c1-14(31(28)29)13-30-22(27)24-12-15-4-6-16(7-5-15)21(26)25-19-11-17(8-9-18(19)23)20-3-2-10-32-20/h2-11,14H,12-13,23H2,1H3,(H2-,24,25,26,27,28,29)/p+1. The molecular weight excluding hydrogens is 449 g/mol. The van der Waals surface area contributed by atoms with Crippen molar-refractivity contribution in [2.24, 2.45) is 0 Å². The second-order valence-corrected chi connectivity index (χ2v) is 9.47. The van der Waals surface area contributed by atoms with Crippen LogP contribution in [-0.4, -0.2) is 29.2 Å². The SMILES string of the molecule is CC(COC(=O)NCc1ccc(C(=O)Nc2cc(-c3cccs3)ccc2N)cc1)[P+](=O)O. The first kappa shape index (κ1) is 23.4. The van der Waals surface area contributed by atoms with Crippen molar-refractivity contribution in [2.45, 2.75) is 19.1 Å². The summed E-state index contributed by atoms with van der Waals surface area (Å²) in [6, 6.07) is 16.2. The summed E-state index contributed by atoms with van der Waals surface area (Å²) in [6.45, 7) is 1.56. The lowest BCUT2D eigenvalue weighted by molar-refractivity contribution is 0.102. The maximum Gasteiger partial charge on any atom is 0.512 e. The molecule has 0 bridgehead atoms. The molecule has 0 spiro atoms. The highest BCUT2D eigenvalue weighted by Crippen LogP contribution is 2.30. The first-order valence-electron chi connectivity index (χ1n) is 9.73. The predicted octanol–water partition coefficient (Wildman–Crippen LogP) is 4.60. The Bertz CT molecular complexity index is 1100. The Morgan fingerprint density at radius 2 is 1.94 bits per heavy atom. The number of hydrogen-bond acceptors (Lipinski definition) is 6. The van der Waals surface area contributed by atoms with Gasteiger partial charge in [0, 0.05) is 17.0 Å². The van der Waals surface area contributed by atoms with Crippen LogP contribution in [0.4, 0.5) is 16.2 Å². The van der Waals surface area contributed by atoms with Crippen molar-refractivity contribution in [3.05, 3.63) is 71.1 Å². The van der Waals surface area contributed by atoms with E-state index < -0.39 is 19.8 Å². The number of hydrogen-bond donors (Lipinski definition) is 4. The van der Waals surface area contributed by atoms with Gasteiger partial charge in [-0.05, 0) is 58.3 Å². The number of thiophene rings is 1. The molecule has 1 heterocycles. The van der Waals surface area contributed by atoms with Crippen molar-refractivity contribution in [3.63, 3.8) is 0 Å². The minimum absolute atomic E-state index is 0.145. The van der Waals surface area contributed by atoms with E-state index in [4.69, 9.17) is 15.4 Å². The number of anilines is 2. The summed E-state index contributed by atoms with van der Waals surface area (Å²) in [5, 5.41) is 7.38. The fourth-order valence-corrected chi connectivity index (χ4v) is 3.64. The molecule has 2 aromatic carbocycles. The molecule has 2 atom stereocenters. The normalized spacial score (nSPS) is 12.0. The van der Waals surface area contributed by atoms with E-state index in [9.17, 15) is 14.2 Å². The van der Waals surface area contributed by atoms with Crippen LogP contribution in [0, 0.1) is 0 Å². The van der Waals surface area contributed by atoms with Gasteiger partial charge in [-0.15, -0.1) is 11.3 Å². The largest absolute Gasteiger partial charge is 0.512 e. The summed E-state index contributed by atoms with van der Waals surface area (Å²) in [5.74, 6) is -0.300. The number of ether oxygens (including phenoxy) is 1. The van der Waals surface area contributed by atoms with E-state index >= 15 is 0 Å². The number of carbonyl (C=O) groups is 2. The second-order valence-electron chi connectivity index (χ2n) is 7.03. The Hall–Kier alpha value is -3.26. The van der Waals surface area contributed by atoms with Crippen molar-refractivity contribution in [2.75, 3.05) is 17.7 Å². The van der Waals surface area contributed by atoms with Gasteiger partial charge in [-0.3, -0.25) is 4.79 Å². The maximum absolute atomic E-state index is 12.6. The lowest BCUT2D eigenvalue weighted by Gasteiger charge is -2.11.